The molecule has 1 aromatic rings. The van der Waals surface area contributed by atoms with E-state index in [1.54, 1.807) is 0 Å². The molecule has 7 heteroatoms. The molecular formula is C14H25N5O2. The number of primary amides is 1. The number of carbonyl (C=O) groups excluding carboxylic acids is 1. The molecule has 1 aliphatic rings. The maximum absolute atomic E-state index is 10.9. The molecular weight excluding hydrogens is 270 g/mol. The lowest BCUT2D eigenvalue weighted by molar-refractivity contribution is -0.119. The number of nitrogens with one attached hydrogen (secondary N) is 1. The highest BCUT2D eigenvalue weighted by atomic mass is 16.4. The van der Waals surface area contributed by atoms with Crippen molar-refractivity contribution in [2.24, 2.45) is 17.6 Å². The number of anilines is 1. The third-order valence-electron chi connectivity index (χ3n) is 3.66. The molecule has 1 fully saturated rings. The van der Waals surface area contributed by atoms with E-state index in [0.29, 0.717) is 36.7 Å². The number of nitrogens with zero attached hydrogens (tertiary/aromatic N) is 3. The van der Waals surface area contributed by atoms with Gasteiger partial charge in [0.2, 0.25) is 11.8 Å². The van der Waals surface area contributed by atoms with Crippen LogP contribution in [0.5, 0.6) is 0 Å². The number of nitrogens with two attached hydrogens (primary N) is 1. The largest absolute Gasteiger partial charge is 0.407 e. The predicted octanol–water partition coefficient (Wildman–Crippen LogP) is 0.907. The van der Waals surface area contributed by atoms with Gasteiger partial charge in [-0.15, -0.1) is 5.10 Å². The molecule has 1 aromatic heterocycles. The van der Waals surface area contributed by atoms with Crippen molar-refractivity contribution >= 4 is 11.9 Å². The molecule has 1 amide bonds. The number of piperidine rings is 1. The van der Waals surface area contributed by atoms with Crippen LogP contribution in [-0.4, -0.2) is 35.7 Å². The molecule has 0 saturated carbocycles. The van der Waals surface area contributed by atoms with Crippen LogP contribution in [0.15, 0.2) is 4.42 Å². The summed E-state index contributed by atoms with van der Waals surface area (Å²) in [6, 6.07) is 0.578. The molecule has 21 heavy (non-hydrogen) atoms. The fraction of sp³-hybridized carbons (Fsp3) is 0.786. The van der Waals surface area contributed by atoms with Crippen LogP contribution >= 0.6 is 0 Å². The first-order valence-corrected chi connectivity index (χ1v) is 7.61. The van der Waals surface area contributed by atoms with Crippen molar-refractivity contribution in [1.29, 1.82) is 0 Å². The van der Waals surface area contributed by atoms with Crippen LogP contribution in [0.4, 0.5) is 6.01 Å². The van der Waals surface area contributed by atoms with Gasteiger partial charge in [-0.05, 0) is 31.2 Å². The zero-order chi connectivity index (χ0) is 15.2. The van der Waals surface area contributed by atoms with Gasteiger partial charge in [0.1, 0.15) is 0 Å². The standard InChI is InChI=1S/C14H25N5O2/c1-10(2)8-16-9-13-17-18-14(21-13)19-5-3-11(4-6-19)7-12(15)20/h10-11,16H,3-9H2,1-2H3,(H2,15,20). The molecule has 0 aromatic carbocycles. The van der Waals surface area contributed by atoms with Gasteiger partial charge in [-0.2, -0.15) is 0 Å². The normalized spacial score (nSPS) is 16.6. The molecule has 7 nitrogen and oxygen atoms in total. The van der Waals surface area contributed by atoms with Crippen LogP contribution in [0.25, 0.3) is 0 Å². The predicted molar refractivity (Wildman–Crippen MR) is 79.6 cm³/mol. The summed E-state index contributed by atoms with van der Waals surface area (Å²) in [7, 11) is 0. The molecule has 0 atom stereocenters. The minimum absolute atomic E-state index is 0.218. The number of hydrogen-bond acceptors (Lipinski definition) is 6. The van der Waals surface area contributed by atoms with Gasteiger partial charge in [-0.25, -0.2) is 0 Å². The van der Waals surface area contributed by atoms with Crippen molar-refractivity contribution in [3.8, 4) is 0 Å². The summed E-state index contributed by atoms with van der Waals surface area (Å²) >= 11 is 0. The molecule has 0 spiro atoms. The number of rotatable bonds is 7. The fourth-order valence-corrected chi connectivity index (χ4v) is 2.52. The van der Waals surface area contributed by atoms with Crippen molar-refractivity contribution in [2.45, 2.75) is 39.7 Å². The molecule has 1 saturated heterocycles. The minimum atomic E-state index is -0.218. The first-order chi connectivity index (χ1) is 10.0. The Morgan fingerprint density at radius 3 is 2.76 bits per heavy atom. The topological polar surface area (TPSA) is 97.3 Å². The third kappa shape index (κ3) is 5.00. The molecule has 2 rings (SSSR count). The van der Waals surface area contributed by atoms with Gasteiger partial charge >= 0.3 is 6.01 Å². The van der Waals surface area contributed by atoms with Crippen molar-refractivity contribution in [1.82, 2.24) is 15.5 Å². The Morgan fingerprint density at radius 2 is 2.14 bits per heavy atom. The number of amides is 1. The highest BCUT2D eigenvalue weighted by Crippen LogP contribution is 2.24. The van der Waals surface area contributed by atoms with E-state index in [1.807, 2.05) is 0 Å². The maximum atomic E-state index is 10.9. The highest BCUT2D eigenvalue weighted by Gasteiger charge is 2.23. The minimum Gasteiger partial charge on any atom is -0.407 e. The van der Waals surface area contributed by atoms with E-state index in [9.17, 15) is 4.79 Å². The maximum Gasteiger partial charge on any atom is 0.318 e. The second-order valence-corrected chi connectivity index (χ2v) is 6.10. The molecule has 1 aliphatic heterocycles. The Kier molecular flexibility index (Phi) is 5.55. The second-order valence-electron chi connectivity index (χ2n) is 6.10. The van der Waals surface area contributed by atoms with Crippen LogP contribution < -0.4 is 16.0 Å². The van der Waals surface area contributed by atoms with Crippen LogP contribution in [0.1, 0.15) is 39.0 Å². The summed E-state index contributed by atoms with van der Waals surface area (Å²) in [5.74, 6) is 1.38. The van der Waals surface area contributed by atoms with Gasteiger partial charge in [0.25, 0.3) is 0 Å². The molecule has 0 aliphatic carbocycles. The lowest BCUT2D eigenvalue weighted by Gasteiger charge is -2.29. The highest BCUT2D eigenvalue weighted by molar-refractivity contribution is 5.74. The van der Waals surface area contributed by atoms with Crippen molar-refractivity contribution in [3.63, 3.8) is 0 Å². The van der Waals surface area contributed by atoms with Crippen LogP contribution in [0.2, 0.25) is 0 Å². The van der Waals surface area contributed by atoms with E-state index < -0.39 is 0 Å². The van der Waals surface area contributed by atoms with Crippen molar-refractivity contribution < 1.29 is 9.21 Å². The molecule has 2 heterocycles. The molecule has 0 radical (unpaired) electrons. The average molecular weight is 295 g/mol. The van der Waals surface area contributed by atoms with Gasteiger partial charge in [0.05, 0.1) is 6.54 Å². The fourth-order valence-electron chi connectivity index (χ4n) is 2.52. The summed E-state index contributed by atoms with van der Waals surface area (Å²) in [6.07, 6.45) is 2.35. The van der Waals surface area contributed by atoms with Crippen LogP contribution in [0, 0.1) is 11.8 Å². The number of aromatic nitrogens is 2. The van der Waals surface area contributed by atoms with E-state index in [0.717, 1.165) is 32.5 Å². The summed E-state index contributed by atoms with van der Waals surface area (Å²) < 4.78 is 5.67. The van der Waals surface area contributed by atoms with Crippen LogP contribution in [0.3, 0.4) is 0 Å². The Balaban J connectivity index is 1.78. The van der Waals surface area contributed by atoms with E-state index in [1.165, 1.54) is 0 Å². The average Bonchev–Trinajstić information content (AvgIpc) is 2.87. The smallest absolute Gasteiger partial charge is 0.318 e. The number of carbonyl (C=O) groups is 1. The van der Waals surface area contributed by atoms with Gasteiger partial charge < -0.3 is 20.4 Å². The quantitative estimate of drug-likeness (QED) is 0.776. The first-order valence-electron chi connectivity index (χ1n) is 7.61. The number of hydrogen-bond donors (Lipinski definition) is 2. The summed E-state index contributed by atoms with van der Waals surface area (Å²) in [5, 5.41) is 11.4. The Hall–Kier alpha value is -1.63. The van der Waals surface area contributed by atoms with Crippen molar-refractivity contribution in [2.75, 3.05) is 24.5 Å². The zero-order valence-electron chi connectivity index (χ0n) is 12.8. The zero-order valence-corrected chi connectivity index (χ0v) is 12.8. The van der Waals surface area contributed by atoms with E-state index >= 15 is 0 Å². The summed E-state index contributed by atoms with van der Waals surface area (Å²) in [5.41, 5.74) is 5.24. The van der Waals surface area contributed by atoms with E-state index in [-0.39, 0.29) is 5.91 Å². The lowest BCUT2D eigenvalue weighted by Crippen LogP contribution is -2.35. The molecule has 0 unspecified atom stereocenters. The Bertz CT molecular complexity index is 452. The van der Waals surface area contributed by atoms with Gasteiger partial charge in [0, 0.05) is 19.5 Å². The van der Waals surface area contributed by atoms with Crippen molar-refractivity contribution in [3.05, 3.63) is 5.89 Å². The van der Waals surface area contributed by atoms with E-state index in [2.05, 4.69) is 34.3 Å². The Labute approximate surface area is 125 Å². The summed E-state index contributed by atoms with van der Waals surface area (Å²) in [4.78, 5) is 13.0. The summed E-state index contributed by atoms with van der Waals surface area (Å²) in [6.45, 7) is 7.50. The molecule has 118 valence electrons. The van der Waals surface area contributed by atoms with Gasteiger partial charge in [-0.3, -0.25) is 4.79 Å². The Morgan fingerprint density at radius 1 is 1.43 bits per heavy atom. The first kappa shape index (κ1) is 15.8. The molecule has 3 N–H and O–H groups in total. The monoisotopic (exact) mass is 295 g/mol. The van der Waals surface area contributed by atoms with Crippen LogP contribution in [-0.2, 0) is 11.3 Å². The SMILES string of the molecule is CC(C)CNCc1nnc(N2CCC(CC(N)=O)CC2)o1. The molecule has 0 bridgehead atoms. The second kappa shape index (κ2) is 7.40. The van der Waals surface area contributed by atoms with E-state index in [4.69, 9.17) is 10.2 Å². The van der Waals surface area contributed by atoms with Gasteiger partial charge in [0.15, 0.2) is 0 Å². The lowest BCUT2D eigenvalue weighted by atomic mass is 9.93. The third-order valence-corrected chi connectivity index (χ3v) is 3.66. The van der Waals surface area contributed by atoms with Gasteiger partial charge in [-0.1, -0.05) is 18.9 Å².